The molecule has 3 rings (SSSR count). The van der Waals surface area contributed by atoms with Gasteiger partial charge < -0.3 is 4.98 Å². The number of nitrogens with zero attached hydrogens (tertiary/aromatic N) is 2. The summed E-state index contributed by atoms with van der Waals surface area (Å²) in [6.45, 7) is 0. The van der Waals surface area contributed by atoms with E-state index in [2.05, 4.69) is 15.0 Å². The molecule has 0 aliphatic rings. The monoisotopic (exact) mass is 239 g/mol. The van der Waals surface area contributed by atoms with E-state index in [4.69, 9.17) is 12.2 Å². The van der Waals surface area contributed by atoms with Gasteiger partial charge in [0.2, 0.25) is 0 Å². The molecule has 0 aliphatic heterocycles. The minimum Gasteiger partial charge on any atom is -0.350 e. The minimum absolute atomic E-state index is 0.632. The van der Waals surface area contributed by atoms with Crippen molar-refractivity contribution in [3.05, 3.63) is 53.6 Å². The third-order valence-corrected chi connectivity index (χ3v) is 2.80. The van der Waals surface area contributed by atoms with Gasteiger partial charge in [-0.3, -0.25) is 9.97 Å². The Kier molecular flexibility index (Phi) is 2.42. The summed E-state index contributed by atoms with van der Waals surface area (Å²) in [4.78, 5) is 11.6. The average molecular weight is 239 g/mol. The Labute approximate surface area is 103 Å². The number of benzene rings is 1. The van der Waals surface area contributed by atoms with E-state index in [9.17, 15) is 0 Å². The Morgan fingerprint density at radius 2 is 2.06 bits per heavy atom. The van der Waals surface area contributed by atoms with E-state index in [0.717, 1.165) is 22.2 Å². The second-order valence-corrected chi connectivity index (χ2v) is 4.15. The normalized spacial score (nSPS) is 10.6. The SMILES string of the molecule is S=c1cnc(-c2ccc3cccnc3c2)c[nH]1. The highest BCUT2D eigenvalue weighted by atomic mass is 32.1. The molecule has 0 spiro atoms. The molecule has 0 aliphatic carbocycles. The fourth-order valence-corrected chi connectivity index (χ4v) is 1.84. The summed E-state index contributed by atoms with van der Waals surface area (Å²) < 4.78 is 0.632. The molecule has 4 heteroatoms. The molecule has 17 heavy (non-hydrogen) atoms. The maximum absolute atomic E-state index is 4.97. The predicted octanol–water partition coefficient (Wildman–Crippen LogP) is 3.35. The van der Waals surface area contributed by atoms with Crippen LogP contribution in [-0.4, -0.2) is 15.0 Å². The second kappa shape index (κ2) is 4.07. The zero-order valence-corrected chi connectivity index (χ0v) is 9.74. The van der Waals surface area contributed by atoms with Gasteiger partial charge >= 0.3 is 0 Å². The van der Waals surface area contributed by atoms with E-state index in [1.165, 1.54) is 0 Å². The van der Waals surface area contributed by atoms with Crippen LogP contribution in [0.25, 0.3) is 22.2 Å². The highest BCUT2D eigenvalue weighted by molar-refractivity contribution is 7.71. The summed E-state index contributed by atoms with van der Waals surface area (Å²) >= 11 is 4.97. The number of hydrogen-bond acceptors (Lipinski definition) is 3. The number of fused-ring (bicyclic) bond motifs is 1. The maximum Gasteiger partial charge on any atom is 0.121 e. The van der Waals surface area contributed by atoms with Crippen LogP contribution in [0.4, 0.5) is 0 Å². The van der Waals surface area contributed by atoms with Crippen LogP contribution in [0.1, 0.15) is 0 Å². The molecule has 2 aromatic heterocycles. The van der Waals surface area contributed by atoms with Gasteiger partial charge in [-0.1, -0.05) is 30.4 Å². The largest absolute Gasteiger partial charge is 0.350 e. The lowest BCUT2D eigenvalue weighted by Crippen LogP contribution is -1.86. The molecule has 3 nitrogen and oxygen atoms in total. The van der Waals surface area contributed by atoms with Crippen LogP contribution in [-0.2, 0) is 0 Å². The molecule has 0 saturated heterocycles. The van der Waals surface area contributed by atoms with E-state index < -0.39 is 0 Å². The van der Waals surface area contributed by atoms with Gasteiger partial charge in [0.25, 0.3) is 0 Å². The van der Waals surface area contributed by atoms with Gasteiger partial charge in [0.15, 0.2) is 0 Å². The van der Waals surface area contributed by atoms with Gasteiger partial charge in [-0.2, -0.15) is 0 Å². The van der Waals surface area contributed by atoms with Gasteiger partial charge in [0, 0.05) is 23.3 Å². The fraction of sp³-hybridized carbons (Fsp3) is 0. The Hall–Kier alpha value is -2.07. The molecule has 0 fully saturated rings. The Morgan fingerprint density at radius 3 is 2.88 bits per heavy atom. The van der Waals surface area contributed by atoms with Gasteiger partial charge in [-0.25, -0.2) is 0 Å². The van der Waals surface area contributed by atoms with Crippen molar-refractivity contribution in [2.75, 3.05) is 0 Å². The molecule has 2 heterocycles. The molecule has 1 aromatic carbocycles. The molecule has 0 atom stereocenters. The van der Waals surface area contributed by atoms with Crippen LogP contribution >= 0.6 is 12.2 Å². The zero-order chi connectivity index (χ0) is 11.7. The molecule has 0 amide bonds. The van der Waals surface area contributed by atoms with Crippen LogP contribution in [0.5, 0.6) is 0 Å². The molecular formula is C13H9N3S. The van der Waals surface area contributed by atoms with Crippen molar-refractivity contribution < 1.29 is 0 Å². The number of rotatable bonds is 1. The number of nitrogens with one attached hydrogen (secondary N) is 1. The van der Waals surface area contributed by atoms with Gasteiger partial charge in [-0.05, 0) is 12.1 Å². The zero-order valence-electron chi connectivity index (χ0n) is 8.92. The number of aromatic amines is 1. The van der Waals surface area contributed by atoms with Crippen LogP contribution < -0.4 is 0 Å². The molecule has 0 bridgehead atoms. The number of aromatic nitrogens is 3. The summed E-state index contributed by atoms with van der Waals surface area (Å²) in [5.74, 6) is 0. The quantitative estimate of drug-likeness (QED) is 0.662. The van der Waals surface area contributed by atoms with Crippen molar-refractivity contribution in [1.82, 2.24) is 15.0 Å². The second-order valence-electron chi connectivity index (χ2n) is 3.71. The number of H-pyrrole nitrogens is 1. The number of pyridine rings is 1. The highest BCUT2D eigenvalue weighted by Crippen LogP contribution is 2.20. The highest BCUT2D eigenvalue weighted by Gasteiger charge is 2.00. The summed E-state index contributed by atoms with van der Waals surface area (Å²) in [5.41, 5.74) is 2.86. The van der Waals surface area contributed by atoms with E-state index in [1.54, 1.807) is 12.4 Å². The Morgan fingerprint density at radius 1 is 1.12 bits per heavy atom. The van der Waals surface area contributed by atoms with Crippen molar-refractivity contribution >= 4 is 23.1 Å². The Balaban J connectivity index is 2.17. The fourth-order valence-electron chi connectivity index (χ4n) is 1.73. The molecule has 82 valence electrons. The first kappa shape index (κ1) is 10.1. The van der Waals surface area contributed by atoms with Gasteiger partial charge in [0.05, 0.1) is 17.4 Å². The van der Waals surface area contributed by atoms with Crippen LogP contribution in [0.15, 0.2) is 48.9 Å². The lowest BCUT2D eigenvalue weighted by Gasteiger charge is -2.02. The van der Waals surface area contributed by atoms with Crippen molar-refractivity contribution in [2.45, 2.75) is 0 Å². The first-order valence-electron chi connectivity index (χ1n) is 5.23. The van der Waals surface area contributed by atoms with Crippen LogP contribution in [0.2, 0.25) is 0 Å². The molecule has 0 saturated carbocycles. The summed E-state index contributed by atoms with van der Waals surface area (Å²) in [7, 11) is 0. The van der Waals surface area contributed by atoms with E-state index in [-0.39, 0.29) is 0 Å². The topological polar surface area (TPSA) is 41.6 Å². The third-order valence-electron chi connectivity index (χ3n) is 2.57. The molecule has 0 radical (unpaired) electrons. The number of hydrogen-bond donors (Lipinski definition) is 1. The van der Waals surface area contributed by atoms with E-state index >= 15 is 0 Å². The standard InChI is InChI=1S/C13H9N3S/c17-13-8-15-12(7-16-13)10-4-3-9-2-1-5-14-11(9)6-10/h1-8H,(H,16,17). The van der Waals surface area contributed by atoms with Crippen molar-refractivity contribution in [1.29, 1.82) is 0 Å². The molecule has 3 aromatic rings. The van der Waals surface area contributed by atoms with E-state index in [0.29, 0.717) is 4.64 Å². The summed E-state index contributed by atoms with van der Waals surface area (Å²) in [6.07, 6.45) is 5.25. The maximum atomic E-state index is 4.97. The van der Waals surface area contributed by atoms with Crippen molar-refractivity contribution in [2.24, 2.45) is 0 Å². The first-order valence-corrected chi connectivity index (χ1v) is 5.64. The molecule has 0 unspecified atom stereocenters. The van der Waals surface area contributed by atoms with Gasteiger partial charge in [0.1, 0.15) is 4.64 Å². The first-order chi connectivity index (χ1) is 8.33. The summed E-state index contributed by atoms with van der Waals surface area (Å²) in [5, 5.41) is 1.13. The van der Waals surface area contributed by atoms with Crippen LogP contribution in [0.3, 0.4) is 0 Å². The molecule has 1 N–H and O–H groups in total. The smallest absolute Gasteiger partial charge is 0.121 e. The van der Waals surface area contributed by atoms with Crippen molar-refractivity contribution in [3.63, 3.8) is 0 Å². The summed E-state index contributed by atoms with van der Waals surface area (Å²) in [6, 6.07) is 10.1. The van der Waals surface area contributed by atoms with Crippen molar-refractivity contribution in [3.8, 4) is 11.3 Å². The molecular weight excluding hydrogens is 230 g/mol. The van der Waals surface area contributed by atoms with Gasteiger partial charge in [-0.15, -0.1) is 0 Å². The minimum atomic E-state index is 0.632. The Bertz CT molecular complexity index is 713. The lowest BCUT2D eigenvalue weighted by molar-refractivity contribution is 1.18. The lowest BCUT2D eigenvalue weighted by atomic mass is 10.1. The average Bonchev–Trinajstić information content (AvgIpc) is 2.39. The van der Waals surface area contributed by atoms with Crippen LogP contribution in [0, 0.1) is 4.64 Å². The third kappa shape index (κ3) is 1.94. The predicted molar refractivity (Wildman–Crippen MR) is 70.2 cm³/mol. The van der Waals surface area contributed by atoms with E-state index in [1.807, 2.05) is 36.5 Å².